The number of carboxylic acid groups (broad SMARTS) is 1. The van der Waals surface area contributed by atoms with Crippen LogP contribution in [0.15, 0.2) is 24.3 Å². The second kappa shape index (κ2) is 4.62. The Kier molecular flexibility index (Phi) is 3.24. The first-order valence-electron chi connectivity index (χ1n) is 5.34. The van der Waals surface area contributed by atoms with Gasteiger partial charge in [-0.1, -0.05) is 0 Å². The van der Waals surface area contributed by atoms with E-state index in [9.17, 15) is 22.4 Å². The summed E-state index contributed by atoms with van der Waals surface area (Å²) in [7, 11) is 1.37. The van der Waals surface area contributed by atoms with Crippen molar-refractivity contribution in [1.29, 1.82) is 0 Å². The van der Waals surface area contributed by atoms with Gasteiger partial charge in [0.15, 0.2) is 5.69 Å². The molecule has 4 nitrogen and oxygen atoms in total. The molecule has 2 aromatic rings. The highest BCUT2D eigenvalue weighted by atomic mass is 19.4. The molecule has 0 unspecified atom stereocenters. The van der Waals surface area contributed by atoms with Crippen LogP contribution in [0.5, 0.6) is 0 Å². The molecule has 0 saturated carbocycles. The third kappa shape index (κ3) is 2.49. The van der Waals surface area contributed by atoms with E-state index < -0.39 is 23.5 Å². The number of halogens is 4. The highest BCUT2D eigenvalue weighted by Gasteiger charge is 2.31. The van der Waals surface area contributed by atoms with Crippen LogP contribution in [0, 0.1) is 5.82 Å². The molecule has 106 valence electrons. The molecule has 1 aromatic heterocycles. The van der Waals surface area contributed by atoms with Crippen LogP contribution in [-0.2, 0) is 13.2 Å². The summed E-state index contributed by atoms with van der Waals surface area (Å²) < 4.78 is 52.1. The largest absolute Gasteiger partial charge is 0.476 e. The molecular weight excluding hydrogens is 280 g/mol. The zero-order valence-corrected chi connectivity index (χ0v) is 10.1. The summed E-state index contributed by atoms with van der Waals surface area (Å²) in [5.74, 6) is -2.40. The molecule has 0 aliphatic carbocycles. The van der Waals surface area contributed by atoms with Crippen LogP contribution >= 0.6 is 0 Å². The van der Waals surface area contributed by atoms with Crippen LogP contribution < -0.4 is 0 Å². The Morgan fingerprint density at radius 1 is 1.30 bits per heavy atom. The molecule has 0 radical (unpaired) electrons. The summed E-state index contributed by atoms with van der Waals surface area (Å²) in [4.78, 5) is 10.7. The van der Waals surface area contributed by atoms with Crippen LogP contribution in [0.2, 0.25) is 0 Å². The van der Waals surface area contributed by atoms with Crippen molar-refractivity contribution in [3.63, 3.8) is 0 Å². The fourth-order valence-corrected chi connectivity index (χ4v) is 1.72. The predicted molar refractivity (Wildman–Crippen MR) is 60.6 cm³/mol. The number of aromatic carboxylic acids is 1. The molecule has 0 amide bonds. The van der Waals surface area contributed by atoms with E-state index in [0.717, 1.165) is 22.9 Å². The lowest BCUT2D eigenvalue weighted by atomic mass is 10.1. The van der Waals surface area contributed by atoms with E-state index in [1.165, 1.54) is 7.05 Å². The number of aryl methyl sites for hydroxylation is 1. The van der Waals surface area contributed by atoms with Crippen molar-refractivity contribution >= 4 is 5.97 Å². The van der Waals surface area contributed by atoms with Crippen molar-refractivity contribution in [3.05, 3.63) is 41.3 Å². The van der Waals surface area contributed by atoms with E-state index in [4.69, 9.17) is 5.11 Å². The van der Waals surface area contributed by atoms with E-state index in [2.05, 4.69) is 5.10 Å². The zero-order chi connectivity index (χ0) is 15.1. The Hall–Kier alpha value is -2.38. The van der Waals surface area contributed by atoms with Gasteiger partial charge >= 0.3 is 12.1 Å². The summed E-state index contributed by atoms with van der Waals surface area (Å²) in [6.45, 7) is 0. The van der Waals surface area contributed by atoms with E-state index in [-0.39, 0.29) is 17.0 Å². The number of aromatic nitrogens is 2. The van der Waals surface area contributed by atoms with Gasteiger partial charge in [0.25, 0.3) is 0 Å². The third-order valence-corrected chi connectivity index (χ3v) is 2.67. The minimum atomic E-state index is -4.64. The standard InChI is InChI=1S/C12H8F4N2O2/c1-18-10(5-9(17-18)11(19)20)7-3-2-6(4-8(7)13)12(14,15)16/h2-5H,1H3,(H,19,20). The van der Waals surface area contributed by atoms with E-state index in [1.807, 2.05) is 0 Å². The van der Waals surface area contributed by atoms with Gasteiger partial charge < -0.3 is 5.11 Å². The second-order valence-electron chi connectivity index (χ2n) is 4.04. The average Bonchev–Trinajstić information content (AvgIpc) is 2.70. The molecule has 1 aromatic carbocycles. The highest BCUT2D eigenvalue weighted by Crippen LogP contribution is 2.32. The van der Waals surface area contributed by atoms with Gasteiger partial charge in [0.1, 0.15) is 5.82 Å². The molecule has 0 bridgehead atoms. The van der Waals surface area contributed by atoms with Gasteiger partial charge in [-0.3, -0.25) is 4.68 Å². The number of hydrogen-bond acceptors (Lipinski definition) is 2. The molecule has 0 saturated heterocycles. The topological polar surface area (TPSA) is 55.1 Å². The molecule has 20 heavy (non-hydrogen) atoms. The Morgan fingerprint density at radius 3 is 2.40 bits per heavy atom. The maximum Gasteiger partial charge on any atom is 0.416 e. The van der Waals surface area contributed by atoms with Crippen molar-refractivity contribution in [2.45, 2.75) is 6.18 Å². The third-order valence-electron chi connectivity index (χ3n) is 2.67. The van der Waals surface area contributed by atoms with Crippen molar-refractivity contribution in [2.24, 2.45) is 7.05 Å². The predicted octanol–water partition coefficient (Wildman–Crippen LogP) is 2.94. The Balaban J connectivity index is 2.51. The maximum absolute atomic E-state index is 13.8. The SMILES string of the molecule is Cn1nc(C(=O)O)cc1-c1ccc(C(F)(F)F)cc1F. The molecule has 2 rings (SSSR count). The van der Waals surface area contributed by atoms with Crippen molar-refractivity contribution in [3.8, 4) is 11.3 Å². The van der Waals surface area contributed by atoms with Gasteiger partial charge in [0, 0.05) is 12.6 Å². The number of nitrogens with zero attached hydrogens (tertiary/aromatic N) is 2. The highest BCUT2D eigenvalue weighted by molar-refractivity contribution is 5.87. The van der Waals surface area contributed by atoms with Gasteiger partial charge in [0.2, 0.25) is 0 Å². The average molecular weight is 288 g/mol. The molecule has 1 heterocycles. The van der Waals surface area contributed by atoms with Gasteiger partial charge in [-0.2, -0.15) is 18.3 Å². The lowest BCUT2D eigenvalue weighted by Gasteiger charge is -2.09. The van der Waals surface area contributed by atoms with Crippen molar-refractivity contribution in [1.82, 2.24) is 9.78 Å². The van der Waals surface area contributed by atoms with Crippen molar-refractivity contribution < 1.29 is 27.5 Å². The van der Waals surface area contributed by atoms with Gasteiger partial charge in [-0.05, 0) is 24.3 Å². The smallest absolute Gasteiger partial charge is 0.416 e. The fourth-order valence-electron chi connectivity index (χ4n) is 1.72. The number of benzene rings is 1. The molecule has 0 atom stereocenters. The fraction of sp³-hybridized carbons (Fsp3) is 0.167. The summed E-state index contributed by atoms with van der Waals surface area (Å²) in [6, 6.07) is 3.13. The zero-order valence-electron chi connectivity index (χ0n) is 10.1. The van der Waals surface area contributed by atoms with Crippen LogP contribution in [-0.4, -0.2) is 20.9 Å². The second-order valence-corrected chi connectivity index (χ2v) is 4.04. The molecule has 0 spiro atoms. The summed E-state index contributed by atoms with van der Waals surface area (Å²) in [5, 5.41) is 12.4. The number of alkyl halides is 3. The summed E-state index contributed by atoms with van der Waals surface area (Å²) in [5.41, 5.74) is -1.50. The van der Waals surface area contributed by atoms with Crippen LogP contribution in [0.4, 0.5) is 17.6 Å². The first kappa shape index (κ1) is 14.0. The van der Waals surface area contributed by atoms with Gasteiger partial charge in [-0.15, -0.1) is 0 Å². The van der Waals surface area contributed by atoms with Crippen molar-refractivity contribution in [2.75, 3.05) is 0 Å². The number of carboxylic acids is 1. The maximum atomic E-state index is 13.8. The van der Waals surface area contributed by atoms with Gasteiger partial charge in [0.05, 0.1) is 11.3 Å². The Bertz CT molecular complexity index is 677. The lowest BCUT2D eigenvalue weighted by molar-refractivity contribution is -0.137. The Morgan fingerprint density at radius 2 is 1.95 bits per heavy atom. The van der Waals surface area contributed by atoms with Crippen LogP contribution in [0.1, 0.15) is 16.1 Å². The van der Waals surface area contributed by atoms with E-state index >= 15 is 0 Å². The molecule has 1 N–H and O–H groups in total. The normalized spacial score (nSPS) is 11.7. The first-order chi connectivity index (χ1) is 9.20. The molecule has 0 fully saturated rings. The molecule has 0 aliphatic heterocycles. The number of hydrogen-bond donors (Lipinski definition) is 1. The lowest BCUT2D eigenvalue weighted by Crippen LogP contribution is -2.06. The monoisotopic (exact) mass is 288 g/mol. The molecular formula is C12H8F4N2O2. The first-order valence-corrected chi connectivity index (χ1v) is 5.34. The summed E-state index contributed by atoms with van der Waals surface area (Å²) in [6.07, 6.45) is -4.64. The number of carbonyl (C=O) groups is 1. The quantitative estimate of drug-likeness (QED) is 0.864. The molecule has 8 heteroatoms. The number of rotatable bonds is 2. The Labute approximate surface area is 110 Å². The van der Waals surface area contributed by atoms with E-state index in [0.29, 0.717) is 6.07 Å². The van der Waals surface area contributed by atoms with Crippen LogP contribution in [0.25, 0.3) is 11.3 Å². The van der Waals surface area contributed by atoms with Gasteiger partial charge in [-0.25, -0.2) is 9.18 Å². The van der Waals surface area contributed by atoms with Crippen LogP contribution in [0.3, 0.4) is 0 Å². The summed E-state index contributed by atoms with van der Waals surface area (Å²) >= 11 is 0. The molecule has 0 aliphatic rings. The van der Waals surface area contributed by atoms with E-state index in [1.54, 1.807) is 0 Å². The minimum Gasteiger partial charge on any atom is -0.476 e. The minimum absolute atomic E-state index is 0.0774.